The van der Waals surface area contributed by atoms with Crippen LogP contribution in [-0.4, -0.2) is 27.4 Å². The first-order valence-electron chi connectivity index (χ1n) is 8.16. The number of unbranched alkanes of at least 4 members (excludes halogenated alkanes) is 10. The summed E-state index contributed by atoms with van der Waals surface area (Å²) < 4.78 is 0. The van der Waals surface area contributed by atoms with E-state index in [1.165, 1.54) is 38.5 Å². The van der Waals surface area contributed by atoms with Crippen LogP contribution in [0.15, 0.2) is 0 Å². The van der Waals surface area contributed by atoms with Gasteiger partial charge in [-0.2, -0.15) is 12.6 Å². The van der Waals surface area contributed by atoms with Crippen LogP contribution in [0.25, 0.3) is 0 Å². The van der Waals surface area contributed by atoms with E-state index < -0.39 is 17.2 Å². The highest BCUT2D eigenvalue weighted by atomic mass is 32.1. The minimum absolute atomic E-state index is 0.301. The molecule has 0 heterocycles. The third-order valence-electron chi connectivity index (χ3n) is 3.65. The van der Waals surface area contributed by atoms with E-state index >= 15 is 0 Å². The van der Waals surface area contributed by atoms with Crippen LogP contribution in [-0.2, 0) is 9.59 Å². The van der Waals surface area contributed by atoms with Crippen molar-refractivity contribution < 1.29 is 19.8 Å². The van der Waals surface area contributed by atoms with E-state index in [1.54, 1.807) is 0 Å². The monoisotopic (exact) mass is 318 g/mol. The first-order chi connectivity index (χ1) is 10.0. The Balaban J connectivity index is 3.09. The molecule has 0 aliphatic rings. The average molecular weight is 318 g/mol. The molecule has 5 heteroatoms. The van der Waals surface area contributed by atoms with Gasteiger partial charge in [-0.3, -0.25) is 9.59 Å². The largest absolute Gasteiger partial charge is 0.481 e. The topological polar surface area (TPSA) is 74.6 Å². The summed E-state index contributed by atoms with van der Waals surface area (Å²) in [6.07, 6.45) is 13.3. The van der Waals surface area contributed by atoms with Crippen LogP contribution < -0.4 is 0 Å². The summed E-state index contributed by atoms with van der Waals surface area (Å²) in [6.45, 7) is 0. The molecule has 0 amide bonds. The summed E-state index contributed by atoms with van der Waals surface area (Å²) >= 11 is 4.01. The van der Waals surface area contributed by atoms with Crippen LogP contribution >= 0.6 is 12.6 Å². The third-order valence-corrected chi connectivity index (χ3v) is 4.13. The zero-order valence-electron chi connectivity index (χ0n) is 12.9. The fourth-order valence-electron chi connectivity index (χ4n) is 2.33. The Morgan fingerprint density at radius 1 is 0.714 bits per heavy atom. The van der Waals surface area contributed by atoms with E-state index in [-0.39, 0.29) is 0 Å². The lowest BCUT2D eigenvalue weighted by Crippen LogP contribution is -2.12. The van der Waals surface area contributed by atoms with Crippen molar-refractivity contribution in [3.63, 3.8) is 0 Å². The molecule has 0 aromatic heterocycles. The Hall–Kier alpha value is -0.710. The normalized spacial score (nSPS) is 12.2. The first kappa shape index (κ1) is 20.3. The second-order valence-electron chi connectivity index (χ2n) is 5.68. The fraction of sp³-hybridized carbons (Fsp3) is 0.875. The summed E-state index contributed by atoms with van der Waals surface area (Å²) in [5.41, 5.74) is 0. The van der Waals surface area contributed by atoms with Crippen molar-refractivity contribution in [2.24, 2.45) is 0 Å². The summed E-state index contributed by atoms with van der Waals surface area (Å²) in [7, 11) is 0. The zero-order chi connectivity index (χ0) is 15.9. The molecule has 2 N–H and O–H groups in total. The van der Waals surface area contributed by atoms with Gasteiger partial charge in [-0.05, 0) is 12.8 Å². The lowest BCUT2D eigenvalue weighted by Gasteiger charge is -2.05. The molecule has 0 saturated heterocycles. The van der Waals surface area contributed by atoms with Crippen LogP contribution in [0.2, 0.25) is 0 Å². The lowest BCUT2D eigenvalue weighted by molar-refractivity contribution is -0.137. The summed E-state index contributed by atoms with van der Waals surface area (Å²) in [5.74, 6) is -1.51. The number of aliphatic carboxylic acids is 2. The molecule has 0 aliphatic carbocycles. The molecular weight excluding hydrogens is 288 g/mol. The van der Waals surface area contributed by atoms with Gasteiger partial charge in [0.25, 0.3) is 0 Å². The standard InChI is InChI=1S/C16H30O4S/c17-15(18)13-11-9-7-5-3-1-2-4-6-8-10-12-14(21)16(19)20/h14,21H,1-13H2,(H,17,18)(H,19,20). The van der Waals surface area contributed by atoms with E-state index in [4.69, 9.17) is 10.2 Å². The van der Waals surface area contributed by atoms with Gasteiger partial charge in [-0.25, -0.2) is 0 Å². The van der Waals surface area contributed by atoms with Gasteiger partial charge >= 0.3 is 11.9 Å². The maximum absolute atomic E-state index is 10.6. The summed E-state index contributed by atoms with van der Waals surface area (Å²) in [4.78, 5) is 20.9. The van der Waals surface area contributed by atoms with Crippen LogP contribution in [0.3, 0.4) is 0 Å². The van der Waals surface area contributed by atoms with Crippen molar-refractivity contribution in [2.45, 2.75) is 88.7 Å². The molecule has 0 aliphatic heterocycles. The predicted octanol–water partition coefficient (Wildman–Crippen LogP) is 4.53. The Kier molecular flexibility index (Phi) is 13.8. The number of rotatable bonds is 15. The minimum Gasteiger partial charge on any atom is -0.481 e. The Labute approximate surface area is 133 Å². The fourth-order valence-corrected chi connectivity index (χ4v) is 2.51. The van der Waals surface area contributed by atoms with Gasteiger partial charge in [-0.1, -0.05) is 64.2 Å². The van der Waals surface area contributed by atoms with Gasteiger partial charge in [-0.15, -0.1) is 0 Å². The molecule has 0 radical (unpaired) electrons. The van der Waals surface area contributed by atoms with E-state index in [0.29, 0.717) is 12.8 Å². The highest BCUT2D eigenvalue weighted by molar-refractivity contribution is 7.81. The predicted molar refractivity (Wildman–Crippen MR) is 88.1 cm³/mol. The van der Waals surface area contributed by atoms with Crippen molar-refractivity contribution in [2.75, 3.05) is 0 Å². The molecule has 0 saturated carbocycles. The molecule has 0 aromatic rings. The van der Waals surface area contributed by atoms with Crippen molar-refractivity contribution in [1.29, 1.82) is 0 Å². The highest BCUT2D eigenvalue weighted by Gasteiger charge is 2.10. The summed E-state index contributed by atoms with van der Waals surface area (Å²) in [5, 5.41) is 16.7. The molecule has 124 valence electrons. The van der Waals surface area contributed by atoms with Gasteiger partial charge in [0.1, 0.15) is 0 Å². The van der Waals surface area contributed by atoms with E-state index in [9.17, 15) is 9.59 Å². The molecule has 0 fully saturated rings. The molecule has 1 atom stereocenters. The second-order valence-corrected chi connectivity index (χ2v) is 6.30. The smallest absolute Gasteiger partial charge is 0.316 e. The van der Waals surface area contributed by atoms with E-state index in [2.05, 4.69) is 12.6 Å². The average Bonchev–Trinajstić information content (AvgIpc) is 2.43. The van der Waals surface area contributed by atoms with Gasteiger partial charge < -0.3 is 10.2 Å². The van der Waals surface area contributed by atoms with Crippen molar-refractivity contribution >= 4 is 24.6 Å². The maximum atomic E-state index is 10.6. The number of carboxylic acid groups (broad SMARTS) is 2. The quantitative estimate of drug-likeness (QED) is 0.306. The number of hydrogen-bond acceptors (Lipinski definition) is 3. The molecule has 0 bridgehead atoms. The first-order valence-corrected chi connectivity index (χ1v) is 8.68. The summed E-state index contributed by atoms with van der Waals surface area (Å²) in [6, 6.07) is 0. The van der Waals surface area contributed by atoms with Gasteiger partial charge in [0.15, 0.2) is 0 Å². The van der Waals surface area contributed by atoms with Crippen molar-refractivity contribution in [3.8, 4) is 0 Å². The molecular formula is C16H30O4S. The Bertz CT molecular complexity index is 281. The van der Waals surface area contributed by atoms with Crippen LogP contribution in [0, 0.1) is 0 Å². The van der Waals surface area contributed by atoms with Crippen molar-refractivity contribution in [1.82, 2.24) is 0 Å². The SMILES string of the molecule is O=C(O)CCCCCCCCCCCCCC(S)C(=O)O. The minimum atomic E-state index is -0.818. The molecule has 1 unspecified atom stereocenters. The molecule has 0 aromatic carbocycles. The third kappa shape index (κ3) is 15.5. The number of carboxylic acids is 2. The second kappa shape index (κ2) is 14.2. The van der Waals surface area contributed by atoms with Gasteiger partial charge in [0.05, 0.1) is 5.25 Å². The zero-order valence-corrected chi connectivity index (χ0v) is 13.8. The Morgan fingerprint density at radius 3 is 1.48 bits per heavy atom. The molecule has 4 nitrogen and oxygen atoms in total. The molecule has 0 spiro atoms. The maximum Gasteiger partial charge on any atom is 0.316 e. The number of carbonyl (C=O) groups is 2. The van der Waals surface area contributed by atoms with Crippen LogP contribution in [0.4, 0.5) is 0 Å². The Morgan fingerprint density at radius 2 is 1.10 bits per heavy atom. The molecule has 21 heavy (non-hydrogen) atoms. The molecule has 0 rings (SSSR count). The van der Waals surface area contributed by atoms with E-state index in [0.717, 1.165) is 32.1 Å². The lowest BCUT2D eigenvalue weighted by atomic mass is 10.0. The number of thiol groups is 1. The number of hydrogen-bond donors (Lipinski definition) is 3. The van der Waals surface area contributed by atoms with Crippen LogP contribution in [0.5, 0.6) is 0 Å². The van der Waals surface area contributed by atoms with Gasteiger partial charge in [0, 0.05) is 6.42 Å². The van der Waals surface area contributed by atoms with E-state index in [1.807, 2.05) is 0 Å². The highest BCUT2D eigenvalue weighted by Crippen LogP contribution is 2.14. The van der Waals surface area contributed by atoms with Gasteiger partial charge in [0.2, 0.25) is 0 Å². The van der Waals surface area contributed by atoms with Crippen molar-refractivity contribution in [3.05, 3.63) is 0 Å². The van der Waals surface area contributed by atoms with Crippen LogP contribution in [0.1, 0.15) is 83.5 Å².